The van der Waals surface area contributed by atoms with Crippen molar-refractivity contribution in [3.05, 3.63) is 107 Å². The Bertz CT molecular complexity index is 1390. The first-order chi connectivity index (χ1) is 17.5. The quantitative estimate of drug-likeness (QED) is 0.522. The van der Waals surface area contributed by atoms with Crippen LogP contribution in [-0.2, 0) is 19.1 Å². The minimum Gasteiger partial charge on any atom is -0.466 e. The van der Waals surface area contributed by atoms with E-state index in [1.807, 2.05) is 0 Å². The van der Waals surface area contributed by atoms with Crippen LogP contribution in [0.1, 0.15) is 11.5 Å². The van der Waals surface area contributed by atoms with Gasteiger partial charge in [-0.25, -0.2) is 9.59 Å². The molecule has 0 spiro atoms. The number of rotatable bonds is 6. The molecule has 0 bridgehead atoms. The Labute approximate surface area is 207 Å². The maximum atomic E-state index is 13.1. The molecule has 36 heavy (non-hydrogen) atoms. The van der Waals surface area contributed by atoms with Crippen LogP contribution in [0.5, 0.6) is 11.5 Å². The summed E-state index contributed by atoms with van der Waals surface area (Å²) in [7, 11) is 2.40. The highest BCUT2D eigenvalue weighted by atomic mass is 16.5. The van der Waals surface area contributed by atoms with Crippen LogP contribution in [0.25, 0.3) is 0 Å². The second-order valence-electron chi connectivity index (χ2n) is 7.62. The van der Waals surface area contributed by atoms with Crippen molar-refractivity contribution in [1.29, 1.82) is 5.26 Å². The van der Waals surface area contributed by atoms with Crippen LogP contribution < -0.4 is 15.4 Å². The van der Waals surface area contributed by atoms with Gasteiger partial charge in [-0.3, -0.25) is 9.88 Å². The average molecular weight is 482 g/mol. The van der Waals surface area contributed by atoms with Gasteiger partial charge in [0.05, 0.1) is 49.2 Å². The van der Waals surface area contributed by atoms with E-state index in [9.17, 15) is 14.9 Å². The molecule has 1 aromatic heterocycles. The van der Waals surface area contributed by atoms with Crippen molar-refractivity contribution in [2.75, 3.05) is 19.1 Å². The SMILES string of the molecule is COC(=O)C1=C(C(=O)OC)N(c2cccc(Oc3cccnc3)c2)C(N)=C(C#N)C1c1ccccc1. The van der Waals surface area contributed by atoms with Crippen LogP contribution in [0.3, 0.4) is 0 Å². The fraction of sp³-hybridized carbons (Fsp3) is 0.111. The van der Waals surface area contributed by atoms with Gasteiger partial charge in [0.1, 0.15) is 23.0 Å². The zero-order valence-corrected chi connectivity index (χ0v) is 19.5. The molecule has 1 aliphatic heterocycles. The third-order valence-corrected chi connectivity index (χ3v) is 5.56. The second kappa shape index (κ2) is 10.4. The highest BCUT2D eigenvalue weighted by Crippen LogP contribution is 2.43. The van der Waals surface area contributed by atoms with E-state index < -0.39 is 17.9 Å². The van der Waals surface area contributed by atoms with Crippen molar-refractivity contribution in [2.24, 2.45) is 5.73 Å². The Balaban J connectivity index is 1.94. The number of carbonyl (C=O) groups is 2. The summed E-state index contributed by atoms with van der Waals surface area (Å²) in [5, 5.41) is 10.1. The Kier molecular flexibility index (Phi) is 6.97. The highest BCUT2D eigenvalue weighted by Gasteiger charge is 2.43. The molecule has 2 N–H and O–H groups in total. The third-order valence-electron chi connectivity index (χ3n) is 5.56. The number of ether oxygens (including phenoxy) is 3. The summed E-state index contributed by atoms with van der Waals surface area (Å²) >= 11 is 0. The summed E-state index contributed by atoms with van der Waals surface area (Å²) in [6.07, 6.45) is 3.17. The topological polar surface area (TPSA) is 128 Å². The van der Waals surface area contributed by atoms with E-state index >= 15 is 0 Å². The van der Waals surface area contributed by atoms with Crippen LogP contribution in [0.2, 0.25) is 0 Å². The molecule has 9 nitrogen and oxygen atoms in total. The predicted octanol–water partition coefficient (Wildman–Crippen LogP) is 3.77. The average Bonchev–Trinajstić information content (AvgIpc) is 2.92. The molecular weight excluding hydrogens is 460 g/mol. The highest BCUT2D eigenvalue weighted by molar-refractivity contribution is 6.06. The Morgan fingerprint density at radius 1 is 0.972 bits per heavy atom. The summed E-state index contributed by atoms with van der Waals surface area (Å²) < 4.78 is 16.0. The molecule has 0 fully saturated rings. The Morgan fingerprint density at radius 3 is 2.33 bits per heavy atom. The van der Waals surface area contributed by atoms with E-state index in [0.29, 0.717) is 22.7 Å². The van der Waals surface area contributed by atoms with Crippen molar-refractivity contribution >= 4 is 17.6 Å². The molecule has 9 heteroatoms. The van der Waals surface area contributed by atoms with E-state index in [1.54, 1.807) is 79.1 Å². The summed E-state index contributed by atoms with van der Waals surface area (Å²) in [5.74, 6) is -1.67. The number of hydrogen-bond donors (Lipinski definition) is 1. The molecule has 1 aliphatic rings. The van der Waals surface area contributed by atoms with Gasteiger partial charge in [0.2, 0.25) is 0 Å². The second-order valence-corrected chi connectivity index (χ2v) is 7.62. The summed E-state index contributed by atoms with van der Waals surface area (Å²) in [6, 6.07) is 21.1. The number of nitriles is 1. The van der Waals surface area contributed by atoms with E-state index in [4.69, 9.17) is 19.9 Å². The van der Waals surface area contributed by atoms with Gasteiger partial charge in [0.15, 0.2) is 0 Å². The molecule has 0 saturated carbocycles. The number of pyridine rings is 1. The van der Waals surface area contributed by atoms with Gasteiger partial charge in [-0.2, -0.15) is 5.26 Å². The normalized spacial score (nSPS) is 15.2. The zero-order chi connectivity index (χ0) is 25.7. The van der Waals surface area contributed by atoms with Crippen LogP contribution in [0, 0.1) is 11.3 Å². The molecule has 0 amide bonds. The lowest BCUT2D eigenvalue weighted by atomic mass is 9.81. The van der Waals surface area contributed by atoms with Crippen molar-refractivity contribution in [1.82, 2.24) is 4.98 Å². The van der Waals surface area contributed by atoms with Crippen LogP contribution in [0.15, 0.2) is 102 Å². The minimum absolute atomic E-state index is 0.0297. The number of esters is 2. The molecule has 3 aromatic rings. The first kappa shape index (κ1) is 24.0. The largest absolute Gasteiger partial charge is 0.466 e. The monoisotopic (exact) mass is 482 g/mol. The van der Waals surface area contributed by atoms with Gasteiger partial charge in [0, 0.05) is 12.3 Å². The van der Waals surface area contributed by atoms with Gasteiger partial charge in [-0.15, -0.1) is 0 Å². The summed E-state index contributed by atoms with van der Waals surface area (Å²) in [5.41, 5.74) is 7.33. The van der Waals surface area contributed by atoms with E-state index in [1.165, 1.54) is 19.1 Å². The van der Waals surface area contributed by atoms with E-state index in [-0.39, 0.29) is 22.7 Å². The molecule has 1 atom stereocenters. The van der Waals surface area contributed by atoms with Crippen molar-refractivity contribution in [3.8, 4) is 17.6 Å². The number of nitrogens with two attached hydrogens (primary N) is 1. The number of benzene rings is 2. The minimum atomic E-state index is -0.941. The smallest absolute Gasteiger partial charge is 0.355 e. The maximum absolute atomic E-state index is 13.1. The number of anilines is 1. The third kappa shape index (κ3) is 4.48. The number of methoxy groups -OCH3 is 2. The lowest BCUT2D eigenvalue weighted by molar-refractivity contribution is -0.139. The standard InChI is InChI=1S/C27H22N4O5/c1-34-26(32)23-22(17-8-4-3-5-9-17)21(15-28)25(29)31(24(23)27(33)35-2)18-10-6-11-19(14-18)36-20-12-7-13-30-16-20/h3-14,16,22H,29H2,1-2H3. The van der Waals surface area contributed by atoms with Crippen molar-refractivity contribution in [3.63, 3.8) is 0 Å². The number of aromatic nitrogens is 1. The lowest BCUT2D eigenvalue weighted by Gasteiger charge is -2.36. The molecule has 180 valence electrons. The van der Waals surface area contributed by atoms with Gasteiger partial charge < -0.3 is 19.9 Å². The molecule has 4 rings (SSSR count). The number of hydrogen-bond acceptors (Lipinski definition) is 9. The van der Waals surface area contributed by atoms with E-state index in [0.717, 1.165) is 0 Å². The van der Waals surface area contributed by atoms with Crippen LogP contribution >= 0.6 is 0 Å². The zero-order valence-electron chi connectivity index (χ0n) is 19.5. The fourth-order valence-electron chi connectivity index (χ4n) is 4.01. The maximum Gasteiger partial charge on any atom is 0.355 e. The van der Waals surface area contributed by atoms with Gasteiger partial charge in [-0.05, 0) is 29.8 Å². The van der Waals surface area contributed by atoms with Crippen molar-refractivity contribution in [2.45, 2.75) is 5.92 Å². The number of allylic oxidation sites excluding steroid dienone is 1. The lowest BCUT2D eigenvalue weighted by Crippen LogP contribution is -2.40. The first-order valence-electron chi connectivity index (χ1n) is 10.8. The fourth-order valence-corrected chi connectivity index (χ4v) is 4.01. The molecule has 1 unspecified atom stereocenters. The number of carbonyl (C=O) groups excluding carboxylic acids is 2. The summed E-state index contributed by atoms with van der Waals surface area (Å²) in [4.78, 5) is 31.6. The molecule has 0 saturated heterocycles. The Hall–Kier alpha value is -5.10. The number of nitrogens with zero attached hydrogens (tertiary/aromatic N) is 3. The molecule has 0 aliphatic carbocycles. The summed E-state index contributed by atoms with van der Waals surface area (Å²) in [6.45, 7) is 0. The van der Waals surface area contributed by atoms with E-state index in [2.05, 4.69) is 11.1 Å². The van der Waals surface area contributed by atoms with Crippen molar-refractivity contribution < 1.29 is 23.8 Å². The predicted molar refractivity (Wildman–Crippen MR) is 130 cm³/mol. The van der Waals surface area contributed by atoms with Crippen LogP contribution in [0.4, 0.5) is 5.69 Å². The van der Waals surface area contributed by atoms with Crippen LogP contribution in [-0.4, -0.2) is 31.1 Å². The first-order valence-corrected chi connectivity index (χ1v) is 10.8. The van der Waals surface area contributed by atoms with Gasteiger partial charge in [-0.1, -0.05) is 36.4 Å². The molecule has 2 heterocycles. The molecular formula is C27H22N4O5. The van der Waals surface area contributed by atoms with Gasteiger partial charge in [0.25, 0.3) is 0 Å². The molecule has 0 radical (unpaired) electrons. The Morgan fingerprint density at radius 2 is 1.69 bits per heavy atom. The van der Waals surface area contributed by atoms with Gasteiger partial charge >= 0.3 is 11.9 Å². The molecule has 2 aromatic carbocycles.